The molecule has 2 aromatic rings. The first kappa shape index (κ1) is 17.0. The summed E-state index contributed by atoms with van der Waals surface area (Å²) in [5.74, 6) is -1.21. The van der Waals surface area contributed by atoms with E-state index in [0.29, 0.717) is 10.4 Å². The summed E-state index contributed by atoms with van der Waals surface area (Å²) < 4.78 is 0. The summed E-state index contributed by atoms with van der Waals surface area (Å²) in [5, 5.41) is 21.5. The fourth-order valence-corrected chi connectivity index (χ4v) is 3.28. The van der Waals surface area contributed by atoms with Gasteiger partial charge in [-0.25, -0.2) is 4.79 Å². The zero-order valence-corrected chi connectivity index (χ0v) is 14.0. The molecule has 0 radical (unpaired) electrons. The van der Waals surface area contributed by atoms with E-state index in [4.69, 9.17) is 0 Å². The van der Waals surface area contributed by atoms with Gasteiger partial charge in [0.1, 0.15) is 10.6 Å². The Hall–Kier alpha value is -2.34. The number of carbonyl (C=O) groups is 2. The maximum absolute atomic E-state index is 12.3. The van der Waals surface area contributed by atoms with Crippen LogP contribution in [0.2, 0.25) is 0 Å². The van der Waals surface area contributed by atoms with Crippen LogP contribution >= 0.6 is 11.3 Å². The number of amides is 1. The van der Waals surface area contributed by atoms with Gasteiger partial charge in [-0.15, -0.1) is 11.3 Å². The number of aromatic carboxylic acids is 1. The Morgan fingerprint density at radius 3 is 2.43 bits per heavy atom. The van der Waals surface area contributed by atoms with Crippen LogP contribution in [0.3, 0.4) is 0 Å². The van der Waals surface area contributed by atoms with Crippen LogP contribution in [0.5, 0.6) is 5.75 Å². The summed E-state index contributed by atoms with van der Waals surface area (Å²) in [7, 11) is 0. The molecule has 0 bridgehead atoms. The Labute approximate surface area is 138 Å². The van der Waals surface area contributed by atoms with Crippen molar-refractivity contribution in [1.82, 2.24) is 5.32 Å². The molecule has 122 valence electrons. The van der Waals surface area contributed by atoms with Crippen molar-refractivity contribution in [2.45, 2.75) is 32.7 Å². The summed E-state index contributed by atoms with van der Waals surface area (Å²) in [6, 6.07) is 8.25. The van der Waals surface area contributed by atoms with Crippen LogP contribution in [-0.4, -0.2) is 22.1 Å². The van der Waals surface area contributed by atoms with Gasteiger partial charge in [-0.05, 0) is 34.7 Å². The van der Waals surface area contributed by atoms with E-state index < -0.39 is 5.97 Å². The highest BCUT2D eigenvalue weighted by molar-refractivity contribution is 7.16. The van der Waals surface area contributed by atoms with Crippen molar-refractivity contribution in [2.24, 2.45) is 0 Å². The fraction of sp³-hybridized carbons (Fsp3) is 0.294. The van der Waals surface area contributed by atoms with Crippen LogP contribution < -0.4 is 5.32 Å². The average Bonchev–Trinajstić information content (AvgIpc) is 2.90. The van der Waals surface area contributed by atoms with E-state index in [1.165, 1.54) is 0 Å². The van der Waals surface area contributed by atoms with Crippen LogP contribution in [0.4, 0.5) is 0 Å². The third-order valence-electron chi connectivity index (χ3n) is 3.32. The lowest BCUT2D eigenvalue weighted by Gasteiger charge is -2.17. The average molecular weight is 333 g/mol. The van der Waals surface area contributed by atoms with Crippen LogP contribution in [0, 0.1) is 0 Å². The second-order valence-electron chi connectivity index (χ2n) is 6.26. The quantitative estimate of drug-likeness (QED) is 0.800. The number of carbonyl (C=O) groups excluding carboxylic acids is 1. The number of carboxylic acids is 1. The molecule has 1 amide bonds. The number of nitrogens with one attached hydrogen (secondary N) is 1. The van der Waals surface area contributed by atoms with Crippen LogP contribution in [-0.2, 0) is 12.0 Å². The second kappa shape index (κ2) is 6.42. The third-order valence-corrected chi connectivity index (χ3v) is 4.44. The molecule has 0 unspecified atom stereocenters. The highest BCUT2D eigenvalue weighted by Crippen LogP contribution is 2.32. The molecule has 23 heavy (non-hydrogen) atoms. The molecule has 1 aromatic heterocycles. The highest BCUT2D eigenvalue weighted by atomic mass is 32.1. The summed E-state index contributed by atoms with van der Waals surface area (Å²) in [5.41, 5.74) is 1.07. The number of thiophene rings is 1. The minimum Gasteiger partial charge on any atom is -0.508 e. The molecule has 0 fully saturated rings. The number of hydrogen-bond acceptors (Lipinski definition) is 4. The molecule has 6 heteroatoms. The van der Waals surface area contributed by atoms with E-state index in [9.17, 15) is 19.8 Å². The van der Waals surface area contributed by atoms with E-state index in [2.05, 4.69) is 5.32 Å². The molecule has 0 saturated heterocycles. The topological polar surface area (TPSA) is 86.6 Å². The fourth-order valence-electron chi connectivity index (χ4n) is 2.15. The van der Waals surface area contributed by atoms with Gasteiger partial charge in [0.15, 0.2) is 0 Å². The third kappa shape index (κ3) is 4.10. The molecular weight excluding hydrogens is 314 g/mol. The zero-order valence-electron chi connectivity index (χ0n) is 13.2. The van der Waals surface area contributed by atoms with Gasteiger partial charge in [0.25, 0.3) is 5.91 Å². The van der Waals surface area contributed by atoms with Crippen molar-refractivity contribution in [3.8, 4) is 5.75 Å². The Kier molecular flexibility index (Phi) is 4.75. The number of phenols is 1. The van der Waals surface area contributed by atoms with Gasteiger partial charge < -0.3 is 15.5 Å². The van der Waals surface area contributed by atoms with Crippen LogP contribution in [0.25, 0.3) is 0 Å². The predicted octanol–water partition coefficient (Wildman–Crippen LogP) is 3.38. The molecule has 1 heterocycles. The Bertz CT molecular complexity index is 743. The summed E-state index contributed by atoms with van der Waals surface area (Å²) in [6.45, 7) is 6.00. The first-order valence-electron chi connectivity index (χ1n) is 7.12. The zero-order chi connectivity index (χ0) is 17.2. The number of aromatic hydroxyl groups is 1. The SMILES string of the molecule is CC(C)(C)c1cc(C(=O)NCc2cccc(O)c2)sc1C(=O)O. The Morgan fingerprint density at radius 1 is 1.22 bits per heavy atom. The van der Waals surface area contributed by atoms with Gasteiger partial charge >= 0.3 is 5.97 Å². The minimum absolute atomic E-state index is 0.135. The summed E-state index contributed by atoms with van der Waals surface area (Å²) in [4.78, 5) is 24.2. The monoisotopic (exact) mass is 333 g/mol. The first-order chi connectivity index (χ1) is 10.7. The summed E-state index contributed by atoms with van der Waals surface area (Å²) in [6.07, 6.45) is 0. The van der Waals surface area contributed by atoms with Gasteiger partial charge in [0.2, 0.25) is 0 Å². The lowest BCUT2D eigenvalue weighted by Crippen LogP contribution is -2.21. The van der Waals surface area contributed by atoms with Crippen LogP contribution in [0.1, 0.15) is 51.2 Å². The summed E-state index contributed by atoms with van der Waals surface area (Å²) >= 11 is 0.980. The van der Waals surface area contributed by atoms with E-state index >= 15 is 0 Å². The molecule has 3 N–H and O–H groups in total. The number of rotatable bonds is 4. The molecule has 0 saturated carbocycles. The van der Waals surface area contributed by atoms with Crippen molar-refractivity contribution in [3.63, 3.8) is 0 Å². The van der Waals surface area contributed by atoms with Gasteiger partial charge in [-0.3, -0.25) is 4.79 Å². The maximum atomic E-state index is 12.3. The van der Waals surface area contributed by atoms with E-state index in [-0.39, 0.29) is 28.5 Å². The molecule has 2 rings (SSSR count). The minimum atomic E-state index is -1.02. The molecule has 0 aliphatic heterocycles. The molecule has 5 nitrogen and oxygen atoms in total. The molecular formula is C17H19NO4S. The van der Waals surface area contributed by atoms with Crippen molar-refractivity contribution in [3.05, 3.63) is 51.2 Å². The number of phenolic OH excluding ortho intramolecular Hbond substituents is 1. The van der Waals surface area contributed by atoms with Gasteiger partial charge in [-0.1, -0.05) is 32.9 Å². The normalized spacial score (nSPS) is 11.3. The molecule has 0 aliphatic rings. The second-order valence-corrected chi connectivity index (χ2v) is 7.31. The molecule has 1 aromatic carbocycles. The maximum Gasteiger partial charge on any atom is 0.346 e. The first-order valence-corrected chi connectivity index (χ1v) is 7.94. The lowest BCUT2D eigenvalue weighted by molar-refractivity contribution is 0.0699. The van der Waals surface area contributed by atoms with Crippen LogP contribution in [0.15, 0.2) is 30.3 Å². The Morgan fingerprint density at radius 2 is 1.91 bits per heavy atom. The van der Waals surface area contributed by atoms with Gasteiger partial charge in [0.05, 0.1) is 4.88 Å². The van der Waals surface area contributed by atoms with Gasteiger partial charge in [-0.2, -0.15) is 0 Å². The molecule has 0 atom stereocenters. The standard InChI is InChI=1S/C17H19NO4S/c1-17(2,3)12-8-13(23-14(12)16(21)22)15(20)18-9-10-5-4-6-11(19)7-10/h4-8,19H,9H2,1-3H3,(H,18,20)(H,21,22). The Balaban J connectivity index is 2.18. The predicted molar refractivity (Wildman–Crippen MR) is 89.3 cm³/mol. The van der Waals surface area contributed by atoms with Crippen molar-refractivity contribution in [2.75, 3.05) is 0 Å². The smallest absolute Gasteiger partial charge is 0.346 e. The molecule has 0 aliphatic carbocycles. The van der Waals surface area contributed by atoms with Gasteiger partial charge in [0, 0.05) is 6.54 Å². The largest absolute Gasteiger partial charge is 0.508 e. The van der Waals surface area contributed by atoms with Crippen molar-refractivity contribution in [1.29, 1.82) is 0 Å². The van der Waals surface area contributed by atoms with E-state index in [1.807, 2.05) is 20.8 Å². The van der Waals surface area contributed by atoms with E-state index in [0.717, 1.165) is 16.9 Å². The molecule has 0 spiro atoms. The highest BCUT2D eigenvalue weighted by Gasteiger charge is 2.26. The number of benzene rings is 1. The lowest BCUT2D eigenvalue weighted by atomic mass is 9.87. The van der Waals surface area contributed by atoms with E-state index in [1.54, 1.807) is 30.3 Å². The van der Waals surface area contributed by atoms with Crippen molar-refractivity contribution >= 4 is 23.2 Å². The van der Waals surface area contributed by atoms with Crippen molar-refractivity contribution < 1.29 is 19.8 Å². The number of hydrogen-bond donors (Lipinski definition) is 3. The number of carboxylic acid groups (broad SMARTS) is 1.